The molecule has 1 aromatic heterocycles. The fourth-order valence-electron chi connectivity index (χ4n) is 1.95. The lowest BCUT2D eigenvalue weighted by atomic mass is 10.2. The number of benzene rings is 1. The third kappa shape index (κ3) is 5.88. The molecule has 0 bridgehead atoms. The van der Waals surface area contributed by atoms with Crippen molar-refractivity contribution in [2.24, 2.45) is 0 Å². The van der Waals surface area contributed by atoms with Gasteiger partial charge in [0.2, 0.25) is 0 Å². The van der Waals surface area contributed by atoms with Crippen LogP contribution in [0, 0.1) is 0 Å². The summed E-state index contributed by atoms with van der Waals surface area (Å²) in [6.45, 7) is 1.86. The van der Waals surface area contributed by atoms with E-state index in [2.05, 4.69) is 15.6 Å². The molecule has 122 valence electrons. The molecule has 0 saturated carbocycles. The average molecular weight is 334 g/mol. The van der Waals surface area contributed by atoms with Gasteiger partial charge in [-0.25, -0.2) is 4.98 Å². The Morgan fingerprint density at radius 3 is 2.65 bits per heavy atom. The van der Waals surface area contributed by atoms with Crippen LogP contribution >= 0.6 is 11.6 Å². The number of ether oxygens (including phenoxy) is 1. The van der Waals surface area contributed by atoms with E-state index in [9.17, 15) is 4.79 Å². The van der Waals surface area contributed by atoms with Crippen LogP contribution in [0.5, 0.6) is 0 Å². The Hall–Kier alpha value is -2.11. The highest BCUT2D eigenvalue weighted by molar-refractivity contribution is 6.30. The smallest absolute Gasteiger partial charge is 0.252 e. The van der Waals surface area contributed by atoms with E-state index in [1.165, 1.54) is 0 Å². The number of nitrogens with one attached hydrogen (secondary N) is 2. The highest BCUT2D eigenvalue weighted by atomic mass is 35.5. The van der Waals surface area contributed by atoms with Gasteiger partial charge in [-0.2, -0.15) is 0 Å². The van der Waals surface area contributed by atoms with Gasteiger partial charge < -0.3 is 15.4 Å². The Morgan fingerprint density at radius 2 is 2.00 bits per heavy atom. The zero-order chi connectivity index (χ0) is 16.5. The second kappa shape index (κ2) is 9.12. The molecule has 0 radical (unpaired) electrons. The molecule has 1 amide bonds. The number of halogens is 1. The van der Waals surface area contributed by atoms with Gasteiger partial charge in [0.1, 0.15) is 5.82 Å². The SMILES string of the molecule is COCCCNC(=O)c1ccc(NCc2ccc(Cl)cc2)nc1. The van der Waals surface area contributed by atoms with E-state index in [0.29, 0.717) is 30.3 Å². The maximum atomic E-state index is 11.9. The predicted molar refractivity (Wildman–Crippen MR) is 91.8 cm³/mol. The van der Waals surface area contributed by atoms with E-state index in [1.807, 2.05) is 24.3 Å². The van der Waals surface area contributed by atoms with Crippen molar-refractivity contribution in [3.8, 4) is 0 Å². The molecule has 2 rings (SSSR count). The fraction of sp³-hybridized carbons (Fsp3) is 0.294. The van der Waals surface area contributed by atoms with Gasteiger partial charge in [-0.05, 0) is 36.2 Å². The van der Waals surface area contributed by atoms with Gasteiger partial charge >= 0.3 is 0 Å². The van der Waals surface area contributed by atoms with Crippen molar-refractivity contribution in [2.45, 2.75) is 13.0 Å². The van der Waals surface area contributed by atoms with Gasteiger partial charge in [0.15, 0.2) is 0 Å². The largest absolute Gasteiger partial charge is 0.385 e. The van der Waals surface area contributed by atoms with Gasteiger partial charge in [-0.3, -0.25) is 4.79 Å². The van der Waals surface area contributed by atoms with Gasteiger partial charge in [0.25, 0.3) is 5.91 Å². The van der Waals surface area contributed by atoms with Crippen molar-refractivity contribution < 1.29 is 9.53 Å². The second-order valence-electron chi connectivity index (χ2n) is 5.01. The Kier molecular flexibility index (Phi) is 6.84. The molecule has 0 saturated heterocycles. The molecule has 0 aliphatic heterocycles. The van der Waals surface area contributed by atoms with Crippen molar-refractivity contribution in [1.82, 2.24) is 10.3 Å². The first-order valence-electron chi connectivity index (χ1n) is 7.40. The predicted octanol–water partition coefficient (Wildman–Crippen LogP) is 3.11. The minimum absolute atomic E-state index is 0.127. The molecule has 0 atom stereocenters. The van der Waals surface area contributed by atoms with E-state index in [-0.39, 0.29) is 5.91 Å². The van der Waals surface area contributed by atoms with Crippen LogP contribution in [0.3, 0.4) is 0 Å². The number of carbonyl (C=O) groups is 1. The molecule has 0 spiro atoms. The maximum Gasteiger partial charge on any atom is 0.252 e. The number of nitrogens with zero attached hydrogens (tertiary/aromatic N) is 1. The van der Waals surface area contributed by atoms with E-state index in [0.717, 1.165) is 17.8 Å². The van der Waals surface area contributed by atoms with Crippen LogP contribution in [0.25, 0.3) is 0 Å². The molecule has 0 fully saturated rings. The monoisotopic (exact) mass is 333 g/mol. The molecule has 0 aliphatic rings. The molecule has 6 heteroatoms. The summed E-state index contributed by atoms with van der Waals surface area (Å²) in [5, 5.41) is 6.74. The lowest BCUT2D eigenvalue weighted by Crippen LogP contribution is -2.25. The van der Waals surface area contributed by atoms with Crippen LogP contribution < -0.4 is 10.6 Å². The van der Waals surface area contributed by atoms with Gasteiger partial charge in [0, 0.05) is 38.0 Å². The molecule has 1 aromatic carbocycles. The summed E-state index contributed by atoms with van der Waals surface area (Å²) < 4.78 is 4.94. The van der Waals surface area contributed by atoms with E-state index >= 15 is 0 Å². The van der Waals surface area contributed by atoms with Crippen LogP contribution in [-0.2, 0) is 11.3 Å². The van der Waals surface area contributed by atoms with E-state index < -0.39 is 0 Å². The van der Waals surface area contributed by atoms with Crippen molar-refractivity contribution in [3.63, 3.8) is 0 Å². The quantitative estimate of drug-likeness (QED) is 0.729. The molecule has 0 unspecified atom stereocenters. The summed E-state index contributed by atoms with van der Waals surface area (Å²) in [4.78, 5) is 16.2. The molecule has 2 aromatic rings. The molecule has 5 nitrogen and oxygen atoms in total. The summed E-state index contributed by atoms with van der Waals surface area (Å²) in [6.07, 6.45) is 2.35. The number of rotatable bonds is 8. The summed E-state index contributed by atoms with van der Waals surface area (Å²) in [5.74, 6) is 0.591. The number of pyridine rings is 1. The van der Waals surface area contributed by atoms with Crippen LogP contribution in [0.4, 0.5) is 5.82 Å². The zero-order valence-electron chi connectivity index (χ0n) is 13.0. The van der Waals surface area contributed by atoms with Crippen molar-refractivity contribution in [2.75, 3.05) is 25.6 Å². The Morgan fingerprint density at radius 1 is 1.22 bits per heavy atom. The van der Waals surface area contributed by atoms with E-state index in [1.54, 1.807) is 25.4 Å². The normalized spacial score (nSPS) is 10.3. The molecular formula is C17H20ClN3O2. The molecule has 0 aliphatic carbocycles. The zero-order valence-corrected chi connectivity index (χ0v) is 13.8. The first-order chi connectivity index (χ1) is 11.2. The summed E-state index contributed by atoms with van der Waals surface area (Å²) in [5.41, 5.74) is 1.65. The van der Waals surface area contributed by atoms with Crippen LogP contribution in [0.2, 0.25) is 5.02 Å². The number of aromatic nitrogens is 1. The minimum Gasteiger partial charge on any atom is -0.385 e. The lowest BCUT2D eigenvalue weighted by molar-refractivity contribution is 0.0948. The topological polar surface area (TPSA) is 63.2 Å². The minimum atomic E-state index is -0.127. The Balaban J connectivity index is 1.81. The first kappa shape index (κ1) is 17.2. The van der Waals surface area contributed by atoms with Crippen molar-refractivity contribution in [1.29, 1.82) is 0 Å². The van der Waals surface area contributed by atoms with Crippen LogP contribution in [-0.4, -0.2) is 31.2 Å². The lowest BCUT2D eigenvalue weighted by Gasteiger charge is -2.08. The average Bonchev–Trinajstić information content (AvgIpc) is 2.58. The maximum absolute atomic E-state index is 11.9. The molecule has 23 heavy (non-hydrogen) atoms. The summed E-state index contributed by atoms with van der Waals surface area (Å²) in [6, 6.07) is 11.2. The summed E-state index contributed by atoms with van der Waals surface area (Å²) in [7, 11) is 1.64. The van der Waals surface area contributed by atoms with Crippen molar-refractivity contribution in [3.05, 3.63) is 58.7 Å². The second-order valence-corrected chi connectivity index (χ2v) is 5.45. The van der Waals surface area contributed by atoms with Crippen LogP contribution in [0.15, 0.2) is 42.6 Å². The standard InChI is InChI=1S/C17H20ClN3O2/c1-23-10-2-9-19-17(22)14-5-8-16(21-12-14)20-11-13-3-6-15(18)7-4-13/h3-8,12H,2,9-11H2,1H3,(H,19,22)(H,20,21). The highest BCUT2D eigenvalue weighted by Crippen LogP contribution is 2.11. The highest BCUT2D eigenvalue weighted by Gasteiger charge is 2.05. The van der Waals surface area contributed by atoms with Gasteiger partial charge in [0.05, 0.1) is 5.56 Å². The fourth-order valence-corrected chi connectivity index (χ4v) is 2.07. The van der Waals surface area contributed by atoms with Gasteiger partial charge in [-0.15, -0.1) is 0 Å². The number of hydrogen-bond donors (Lipinski definition) is 2. The Bertz CT molecular complexity index is 615. The number of amides is 1. The number of anilines is 1. The van der Waals surface area contributed by atoms with Gasteiger partial charge in [-0.1, -0.05) is 23.7 Å². The van der Waals surface area contributed by atoms with E-state index in [4.69, 9.17) is 16.3 Å². The van der Waals surface area contributed by atoms with Crippen LogP contribution in [0.1, 0.15) is 22.3 Å². The third-order valence-electron chi connectivity index (χ3n) is 3.22. The first-order valence-corrected chi connectivity index (χ1v) is 7.78. The van der Waals surface area contributed by atoms with Crippen molar-refractivity contribution >= 4 is 23.3 Å². The third-order valence-corrected chi connectivity index (χ3v) is 3.48. The Labute approximate surface area is 141 Å². The molecular weight excluding hydrogens is 314 g/mol. The number of carbonyl (C=O) groups excluding carboxylic acids is 1. The molecule has 2 N–H and O–H groups in total. The number of methoxy groups -OCH3 is 1. The summed E-state index contributed by atoms with van der Waals surface area (Å²) >= 11 is 5.85. The molecule has 1 heterocycles. The number of hydrogen-bond acceptors (Lipinski definition) is 4.